The summed E-state index contributed by atoms with van der Waals surface area (Å²) in [6, 6.07) is 14.8. The van der Waals surface area contributed by atoms with Crippen LogP contribution in [0.25, 0.3) is 11.5 Å². The Kier molecular flexibility index (Phi) is 3.60. The second kappa shape index (κ2) is 5.71. The molecular formula is C17H15NO3. The molecule has 1 aromatic heterocycles. The van der Waals surface area contributed by atoms with Crippen molar-refractivity contribution in [2.75, 3.05) is 0 Å². The van der Waals surface area contributed by atoms with Crippen LogP contribution >= 0.6 is 0 Å². The van der Waals surface area contributed by atoms with Gasteiger partial charge in [0.15, 0.2) is 0 Å². The average molecular weight is 281 g/mol. The van der Waals surface area contributed by atoms with Gasteiger partial charge in [-0.1, -0.05) is 30.3 Å². The topological polar surface area (TPSA) is 55.5 Å². The smallest absolute Gasteiger partial charge is 0.226 e. The molecule has 0 saturated carbocycles. The van der Waals surface area contributed by atoms with Crippen LogP contribution in [0.4, 0.5) is 0 Å². The van der Waals surface area contributed by atoms with Crippen LogP contribution in [-0.2, 0) is 6.61 Å². The fourth-order valence-corrected chi connectivity index (χ4v) is 2.02. The number of ether oxygens (including phenoxy) is 1. The molecule has 0 atom stereocenters. The second-order valence-corrected chi connectivity index (χ2v) is 4.77. The van der Waals surface area contributed by atoms with Crippen molar-refractivity contribution in [1.29, 1.82) is 0 Å². The van der Waals surface area contributed by atoms with E-state index in [4.69, 9.17) is 9.15 Å². The fraction of sp³-hybridized carbons (Fsp3) is 0.118. The minimum absolute atomic E-state index is 0.117. The van der Waals surface area contributed by atoms with E-state index in [9.17, 15) is 5.11 Å². The highest BCUT2D eigenvalue weighted by atomic mass is 16.5. The summed E-state index contributed by atoms with van der Waals surface area (Å²) in [5.74, 6) is 1.88. The van der Waals surface area contributed by atoms with Gasteiger partial charge in [-0.2, -0.15) is 0 Å². The van der Waals surface area contributed by atoms with Crippen LogP contribution in [0.15, 0.2) is 59.1 Å². The average Bonchev–Trinajstić information content (AvgIpc) is 2.92. The Morgan fingerprint density at radius 3 is 2.67 bits per heavy atom. The van der Waals surface area contributed by atoms with E-state index in [1.807, 2.05) is 37.3 Å². The van der Waals surface area contributed by atoms with E-state index in [1.165, 1.54) is 0 Å². The molecule has 2 aromatic carbocycles. The Morgan fingerprint density at radius 2 is 1.95 bits per heavy atom. The van der Waals surface area contributed by atoms with E-state index in [-0.39, 0.29) is 5.75 Å². The number of hydrogen-bond donors (Lipinski definition) is 1. The lowest BCUT2D eigenvalue weighted by molar-refractivity contribution is 0.304. The molecule has 21 heavy (non-hydrogen) atoms. The first-order chi connectivity index (χ1) is 10.2. The number of aromatic hydroxyl groups is 1. The Labute approximate surface area is 122 Å². The monoisotopic (exact) mass is 281 g/mol. The van der Waals surface area contributed by atoms with Gasteiger partial charge in [-0.05, 0) is 24.6 Å². The maximum Gasteiger partial charge on any atom is 0.226 e. The zero-order chi connectivity index (χ0) is 14.7. The van der Waals surface area contributed by atoms with E-state index in [2.05, 4.69) is 4.98 Å². The molecule has 3 aromatic rings. The van der Waals surface area contributed by atoms with Crippen molar-refractivity contribution in [3.63, 3.8) is 0 Å². The molecular weight excluding hydrogens is 266 g/mol. The number of oxazole rings is 1. The molecule has 3 rings (SSSR count). The van der Waals surface area contributed by atoms with Crippen molar-refractivity contribution in [2.45, 2.75) is 13.5 Å². The van der Waals surface area contributed by atoms with E-state index in [0.717, 1.165) is 11.3 Å². The van der Waals surface area contributed by atoms with Crippen LogP contribution in [0.3, 0.4) is 0 Å². The Hall–Kier alpha value is -2.75. The van der Waals surface area contributed by atoms with Gasteiger partial charge in [0.25, 0.3) is 0 Å². The number of nitrogens with zero attached hydrogens (tertiary/aromatic N) is 1. The predicted molar refractivity (Wildman–Crippen MR) is 79.1 cm³/mol. The van der Waals surface area contributed by atoms with Crippen molar-refractivity contribution in [3.05, 3.63) is 66.1 Å². The highest BCUT2D eigenvalue weighted by Crippen LogP contribution is 2.29. The number of aryl methyl sites for hydroxylation is 1. The van der Waals surface area contributed by atoms with Gasteiger partial charge >= 0.3 is 0 Å². The molecule has 0 fully saturated rings. The number of rotatable bonds is 4. The quantitative estimate of drug-likeness (QED) is 0.787. The Balaban J connectivity index is 1.81. The lowest BCUT2D eigenvalue weighted by Crippen LogP contribution is -1.95. The van der Waals surface area contributed by atoms with Crippen molar-refractivity contribution in [1.82, 2.24) is 4.98 Å². The first-order valence-electron chi connectivity index (χ1n) is 6.64. The van der Waals surface area contributed by atoms with E-state index in [1.54, 1.807) is 24.4 Å². The van der Waals surface area contributed by atoms with E-state index >= 15 is 0 Å². The predicted octanol–water partition coefficient (Wildman–Crippen LogP) is 3.93. The third kappa shape index (κ3) is 3.23. The largest absolute Gasteiger partial charge is 0.508 e. The van der Waals surface area contributed by atoms with Crippen LogP contribution in [0.1, 0.15) is 11.3 Å². The maximum absolute atomic E-state index is 9.81. The maximum atomic E-state index is 9.81. The molecule has 4 heteroatoms. The van der Waals surface area contributed by atoms with Gasteiger partial charge in [-0.3, -0.25) is 0 Å². The summed E-state index contributed by atoms with van der Waals surface area (Å²) in [6.07, 6.45) is 1.64. The summed E-state index contributed by atoms with van der Waals surface area (Å²) in [6.45, 7) is 2.26. The standard InChI is InChI=1S/C17H15NO3/c1-12-10-18-17(21-12)14-7-15(19)9-16(8-14)20-11-13-5-3-2-4-6-13/h2-10,19H,11H2,1H3. The van der Waals surface area contributed by atoms with Crippen molar-refractivity contribution in [3.8, 4) is 23.0 Å². The van der Waals surface area contributed by atoms with Gasteiger partial charge in [0.2, 0.25) is 5.89 Å². The number of phenols is 1. The van der Waals surface area contributed by atoms with Crippen LogP contribution < -0.4 is 4.74 Å². The number of phenolic OH excluding ortho intramolecular Hbond substituents is 1. The van der Waals surface area contributed by atoms with Crippen LogP contribution in [-0.4, -0.2) is 10.1 Å². The van der Waals surface area contributed by atoms with Crippen LogP contribution in [0, 0.1) is 6.92 Å². The molecule has 1 heterocycles. The lowest BCUT2D eigenvalue weighted by Gasteiger charge is -2.08. The first-order valence-corrected chi connectivity index (χ1v) is 6.64. The highest BCUT2D eigenvalue weighted by molar-refractivity contribution is 5.59. The fourth-order valence-electron chi connectivity index (χ4n) is 2.02. The molecule has 0 aliphatic rings. The third-order valence-electron chi connectivity index (χ3n) is 3.01. The van der Waals surface area contributed by atoms with Crippen molar-refractivity contribution in [2.24, 2.45) is 0 Å². The molecule has 1 N–H and O–H groups in total. The number of aromatic nitrogens is 1. The minimum Gasteiger partial charge on any atom is -0.508 e. The lowest BCUT2D eigenvalue weighted by atomic mass is 10.2. The minimum atomic E-state index is 0.117. The van der Waals surface area contributed by atoms with Crippen LogP contribution in [0.5, 0.6) is 11.5 Å². The van der Waals surface area contributed by atoms with Gasteiger partial charge in [-0.15, -0.1) is 0 Å². The van der Waals surface area contributed by atoms with Gasteiger partial charge in [0.05, 0.1) is 6.20 Å². The van der Waals surface area contributed by atoms with Gasteiger partial charge in [-0.25, -0.2) is 4.98 Å². The molecule has 106 valence electrons. The normalized spacial score (nSPS) is 10.5. The molecule has 0 amide bonds. The van der Waals surface area contributed by atoms with Gasteiger partial charge in [0, 0.05) is 11.6 Å². The van der Waals surface area contributed by atoms with Gasteiger partial charge < -0.3 is 14.3 Å². The molecule has 0 spiro atoms. The van der Waals surface area contributed by atoms with Crippen molar-refractivity contribution >= 4 is 0 Å². The number of benzene rings is 2. The van der Waals surface area contributed by atoms with Crippen molar-refractivity contribution < 1.29 is 14.3 Å². The molecule has 0 radical (unpaired) electrons. The van der Waals surface area contributed by atoms with E-state index < -0.39 is 0 Å². The number of hydrogen-bond acceptors (Lipinski definition) is 4. The highest BCUT2D eigenvalue weighted by Gasteiger charge is 2.08. The molecule has 0 saturated heterocycles. The third-order valence-corrected chi connectivity index (χ3v) is 3.01. The summed E-state index contributed by atoms with van der Waals surface area (Å²) >= 11 is 0. The molecule has 0 unspecified atom stereocenters. The molecule has 0 aliphatic heterocycles. The molecule has 0 aliphatic carbocycles. The summed E-state index contributed by atoms with van der Waals surface area (Å²) < 4.78 is 11.2. The summed E-state index contributed by atoms with van der Waals surface area (Å²) in [5.41, 5.74) is 1.75. The molecule has 4 nitrogen and oxygen atoms in total. The zero-order valence-corrected chi connectivity index (χ0v) is 11.6. The summed E-state index contributed by atoms with van der Waals surface area (Å²) in [4.78, 5) is 4.15. The van der Waals surface area contributed by atoms with Crippen LogP contribution in [0.2, 0.25) is 0 Å². The second-order valence-electron chi connectivity index (χ2n) is 4.77. The SMILES string of the molecule is Cc1cnc(-c2cc(O)cc(OCc3ccccc3)c2)o1. The first kappa shape index (κ1) is 13.2. The zero-order valence-electron chi connectivity index (χ0n) is 11.6. The molecule has 0 bridgehead atoms. The Morgan fingerprint density at radius 1 is 1.14 bits per heavy atom. The Bertz CT molecular complexity index is 735. The summed E-state index contributed by atoms with van der Waals surface area (Å²) in [5, 5.41) is 9.81. The summed E-state index contributed by atoms with van der Waals surface area (Å²) in [7, 11) is 0. The van der Waals surface area contributed by atoms with E-state index in [0.29, 0.717) is 23.8 Å². The van der Waals surface area contributed by atoms with Gasteiger partial charge in [0.1, 0.15) is 23.9 Å².